The molecule has 0 aliphatic carbocycles. The van der Waals surface area contributed by atoms with Crippen LogP contribution in [0.15, 0.2) is 121 Å². The maximum Gasteiger partial charge on any atom is 0.137 e. The number of aliphatic imine (C=N–C) groups is 1. The number of halogens is 2. The summed E-state index contributed by atoms with van der Waals surface area (Å²) in [5.74, 6) is 0.452. The molecule has 0 N–H and O–H groups in total. The Bertz CT molecular complexity index is 2150. The summed E-state index contributed by atoms with van der Waals surface area (Å²) in [5, 5.41) is 0. The van der Waals surface area contributed by atoms with Crippen LogP contribution in [0.4, 0.5) is 0 Å². The number of imidazole rings is 3. The molecule has 0 radical (unpaired) electrons. The van der Waals surface area contributed by atoms with Gasteiger partial charge in [0.25, 0.3) is 0 Å². The van der Waals surface area contributed by atoms with Gasteiger partial charge in [0.15, 0.2) is 0 Å². The summed E-state index contributed by atoms with van der Waals surface area (Å²) in [6.45, 7) is 9.10. The minimum absolute atomic E-state index is 0. The van der Waals surface area contributed by atoms with Crippen molar-refractivity contribution in [2.75, 3.05) is 0 Å². The van der Waals surface area contributed by atoms with Crippen LogP contribution in [0.2, 0.25) is 0 Å². The van der Waals surface area contributed by atoms with Gasteiger partial charge in [0, 0.05) is 54.7 Å². The van der Waals surface area contributed by atoms with Crippen LogP contribution >= 0.6 is 24.0 Å². The van der Waals surface area contributed by atoms with E-state index in [1.807, 2.05) is 30.9 Å². The number of benzene rings is 2. The maximum absolute atomic E-state index is 6.13. The van der Waals surface area contributed by atoms with Gasteiger partial charge in [-0.05, 0) is 51.0 Å². The van der Waals surface area contributed by atoms with E-state index in [1.54, 1.807) is 12.4 Å². The maximum atomic E-state index is 6.13. The lowest BCUT2D eigenvalue weighted by Crippen LogP contribution is -2.02. The van der Waals surface area contributed by atoms with Crippen molar-refractivity contribution in [3.05, 3.63) is 150 Å². The summed E-state index contributed by atoms with van der Waals surface area (Å²) in [5.41, 5.74) is 13.3. The number of fused-ring (bicyclic) bond motifs is 2. The molecule has 7 aromatic rings. The molecule has 0 saturated heterocycles. The molecule has 7 nitrogen and oxygen atoms in total. The van der Waals surface area contributed by atoms with E-state index >= 15 is 0 Å². The Morgan fingerprint density at radius 3 is 1.62 bits per heavy atom. The van der Waals surface area contributed by atoms with E-state index in [-0.39, 0.29) is 12.4 Å². The molecule has 6 heterocycles. The number of allylic oxidation sites excluding steroid dienone is 1. The van der Waals surface area contributed by atoms with E-state index in [4.69, 9.17) is 21.6 Å². The molecule has 8 rings (SSSR count). The average molecular weight is 677 g/mol. The highest BCUT2D eigenvalue weighted by Gasteiger charge is 2.15. The minimum atomic E-state index is 0. The fourth-order valence-electron chi connectivity index (χ4n) is 5.42. The fourth-order valence-corrected chi connectivity index (χ4v) is 5.68. The second-order valence-corrected chi connectivity index (χ2v) is 12.0. The van der Waals surface area contributed by atoms with Gasteiger partial charge in [0.05, 0.1) is 41.5 Å². The van der Waals surface area contributed by atoms with Gasteiger partial charge in [0.1, 0.15) is 11.3 Å². The van der Waals surface area contributed by atoms with Crippen LogP contribution in [0, 0.1) is 27.7 Å². The molecule has 0 atom stereocenters. The highest BCUT2D eigenvalue weighted by molar-refractivity contribution is 6.17. The molecule has 244 valence electrons. The quantitative estimate of drug-likeness (QED) is 0.171. The van der Waals surface area contributed by atoms with Gasteiger partial charge in [-0.25, -0.2) is 15.0 Å². The number of hydrogen-bond donors (Lipinski definition) is 0. The number of pyridine rings is 2. The first-order valence-electron chi connectivity index (χ1n) is 15.7. The molecule has 0 saturated carbocycles. The normalized spacial score (nSPS) is 11.6. The number of aromatic nitrogens is 6. The summed E-state index contributed by atoms with van der Waals surface area (Å²) in [6, 6.07) is 25.2. The van der Waals surface area contributed by atoms with Crippen molar-refractivity contribution in [3.8, 4) is 22.5 Å². The minimum Gasteiger partial charge on any atom is -0.331 e. The monoisotopic (exact) mass is 675 g/mol. The van der Waals surface area contributed by atoms with E-state index in [9.17, 15) is 0 Å². The van der Waals surface area contributed by atoms with Gasteiger partial charge < -0.3 is 13.4 Å². The summed E-state index contributed by atoms with van der Waals surface area (Å²) < 4.78 is 6.34. The van der Waals surface area contributed by atoms with Gasteiger partial charge in [0.2, 0.25) is 0 Å². The first kappa shape index (κ1) is 34.4. The molecule has 48 heavy (non-hydrogen) atoms. The molecular weight excluding hydrogens is 637 g/mol. The van der Waals surface area contributed by atoms with Crippen molar-refractivity contribution in [1.29, 1.82) is 0 Å². The molecule has 5 aromatic heterocycles. The predicted molar refractivity (Wildman–Crippen MR) is 201 cm³/mol. The number of hydrogen-bond acceptors (Lipinski definition) is 4. The Kier molecular flexibility index (Phi) is 11.3. The van der Waals surface area contributed by atoms with E-state index in [2.05, 4.69) is 130 Å². The van der Waals surface area contributed by atoms with Crippen molar-refractivity contribution in [2.24, 2.45) is 4.99 Å². The van der Waals surface area contributed by atoms with Crippen LogP contribution in [-0.4, -0.2) is 34.5 Å². The summed E-state index contributed by atoms with van der Waals surface area (Å²) >= 11 is 6.13. The molecular formula is C39H39Cl2N7. The Labute approximate surface area is 292 Å². The highest BCUT2D eigenvalue weighted by atomic mass is 35.5. The SMILES string of the molecule is C1=CN=CC1.Cc1ccc(-c2nc3ccc(C)cn3c2CCl)cc1.Cc1ccc(-c2nc3ccc(C)cn3c2Cn2ccnc2)cc1.Cl. The lowest BCUT2D eigenvalue weighted by molar-refractivity contribution is 0.766. The summed E-state index contributed by atoms with van der Waals surface area (Å²) in [7, 11) is 0. The summed E-state index contributed by atoms with van der Waals surface area (Å²) in [6.07, 6.45) is 16.6. The van der Waals surface area contributed by atoms with E-state index in [0.717, 1.165) is 52.5 Å². The standard InChI is InChI=1S/C19H18N4.C16H15ClN2.C4H5N.ClH/c1-14-3-6-16(7-4-14)19-17(12-22-10-9-20-13-22)23-11-15(2)5-8-18(23)21-19;1-11-3-6-13(7-4-11)16-14(9-17)19-10-12(2)5-8-15(19)18-16;1-2-4-5-3-1;/h3-11,13H,12H2,1-2H3;3-8,10H,9H2,1-2H3;1,3-4H,2H2;1H. The zero-order chi connectivity index (χ0) is 32.8. The van der Waals surface area contributed by atoms with Crippen LogP contribution in [0.1, 0.15) is 40.1 Å². The first-order valence-corrected chi connectivity index (χ1v) is 16.2. The van der Waals surface area contributed by atoms with E-state index < -0.39 is 0 Å². The molecule has 0 fully saturated rings. The number of rotatable bonds is 5. The Morgan fingerprint density at radius 1 is 0.667 bits per heavy atom. The van der Waals surface area contributed by atoms with Gasteiger partial charge in [-0.2, -0.15) is 0 Å². The number of alkyl halides is 1. The third-order valence-electron chi connectivity index (χ3n) is 7.94. The molecule has 9 heteroatoms. The average Bonchev–Trinajstić information content (AvgIpc) is 3.91. The molecule has 1 aliphatic rings. The predicted octanol–water partition coefficient (Wildman–Crippen LogP) is 9.62. The number of nitrogens with zero attached hydrogens (tertiary/aromatic N) is 7. The van der Waals surface area contributed by atoms with Gasteiger partial charge in [-0.15, -0.1) is 24.0 Å². The molecule has 0 amide bonds. The second kappa shape index (κ2) is 15.7. The zero-order valence-electron chi connectivity index (χ0n) is 27.6. The molecule has 1 aliphatic heterocycles. The Balaban J connectivity index is 0.000000163. The second-order valence-electron chi connectivity index (χ2n) is 11.7. The van der Waals surface area contributed by atoms with E-state index in [0.29, 0.717) is 5.88 Å². The van der Waals surface area contributed by atoms with Crippen LogP contribution in [0.25, 0.3) is 33.8 Å². The zero-order valence-corrected chi connectivity index (χ0v) is 29.2. The number of aryl methyl sites for hydroxylation is 4. The largest absolute Gasteiger partial charge is 0.331 e. The smallest absolute Gasteiger partial charge is 0.137 e. The highest BCUT2D eigenvalue weighted by Crippen LogP contribution is 2.27. The van der Waals surface area contributed by atoms with Gasteiger partial charge >= 0.3 is 0 Å². The molecule has 0 spiro atoms. The van der Waals surface area contributed by atoms with Crippen molar-refractivity contribution >= 4 is 41.5 Å². The van der Waals surface area contributed by atoms with Crippen molar-refractivity contribution < 1.29 is 0 Å². The molecule has 0 unspecified atom stereocenters. The van der Waals surface area contributed by atoms with Crippen LogP contribution in [0.5, 0.6) is 0 Å². The Hall–Kier alpha value is -4.98. The molecule has 2 aromatic carbocycles. The van der Waals surface area contributed by atoms with Gasteiger partial charge in [-0.3, -0.25) is 4.99 Å². The van der Waals surface area contributed by atoms with Gasteiger partial charge in [-0.1, -0.05) is 77.9 Å². The fraction of sp³-hybridized carbons (Fsp3) is 0.179. The lowest BCUT2D eigenvalue weighted by atomic mass is 10.1. The van der Waals surface area contributed by atoms with Crippen LogP contribution in [0.3, 0.4) is 0 Å². The summed E-state index contributed by atoms with van der Waals surface area (Å²) in [4.78, 5) is 17.5. The van der Waals surface area contributed by atoms with Crippen molar-refractivity contribution in [1.82, 2.24) is 28.3 Å². The van der Waals surface area contributed by atoms with Crippen molar-refractivity contribution in [3.63, 3.8) is 0 Å². The first-order chi connectivity index (χ1) is 22.9. The topological polar surface area (TPSA) is 64.8 Å². The van der Waals surface area contributed by atoms with Crippen molar-refractivity contribution in [2.45, 2.75) is 46.5 Å². The lowest BCUT2D eigenvalue weighted by Gasteiger charge is -2.07. The Morgan fingerprint density at radius 2 is 1.19 bits per heavy atom. The third kappa shape index (κ3) is 7.93. The van der Waals surface area contributed by atoms with Crippen LogP contribution < -0.4 is 0 Å². The molecule has 0 bridgehead atoms. The third-order valence-corrected chi connectivity index (χ3v) is 8.19. The van der Waals surface area contributed by atoms with E-state index in [1.165, 1.54) is 27.9 Å². The van der Waals surface area contributed by atoms with Crippen LogP contribution in [-0.2, 0) is 12.4 Å².